The Labute approximate surface area is 200 Å². The Hall–Kier alpha value is -3.56. The van der Waals surface area contributed by atoms with E-state index in [-0.39, 0.29) is 11.7 Å². The van der Waals surface area contributed by atoms with Gasteiger partial charge >= 0.3 is 0 Å². The summed E-state index contributed by atoms with van der Waals surface area (Å²) in [6.45, 7) is 0. The number of nitrogens with one attached hydrogen (secondary N) is 1. The number of hydrogen-bond acceptors (Lipinski definition) is 5. The number of rotatable bonds is 7. The van der Waals surface area contributed by atoms with Gasteiger partial charge in [0.25, 0.3) is 5.91 Å². The summed E-state index contributed by atoms with van der Waals surface area (Å²) in [5, 5.41) is 0.726. The van der Waals surface area contributed by atoms with E-state index in [0.29, 0.717) is 28.2 Å². The summed E-state index contributed by atoms with van der Waals surface area (Å²) in [4.78, 5) is 36.4. The summed E-state index contributed by atoms with van der Waals surface area (Å²) >= 11 is 5.87. The third-order valence-electron chi connectivity index (χ3n) is 4.94. The second kappa shape index (κ2) is 9.93. The molecule has 9 heteroatoms. The first-order chi connectivity index (χ1) is 15.9. The zero-order chi connectivity index (χ0) is 23.4. The summed E-state index contributed by atoms with van der Waals surface area (Å²) in [6, 6.07) is 20.4. The number of benzene rings is 3. The fourth-order valence-corrected chi connectivity index (χ4v) is 4.34. The van der Waals surface area contributed by atoms with Gasteiger partial charge in [0.1, 0.15) is 0 Å². The van der Waals surface area contributed by atoms with Crippen LogP contribution >= 0.6 is 24.4 Å². The van der Waals surface area contributed by atoms with Crippen LogP contribution in [0.1, 0.15) is 31.8 Å². The molecule has 0 aliphatic heterocycles. The third kappa shape index (κ3) is 5.63. The largest absolute Gasteiger partial charge is 0.370 e. The fourth-order valence-electron chi connectivity index (χ4n) is 3.27. The predicted molar refractivity (Wildman–Crippen MR) is 134 cm³/mol. The van der Waals surface area contributed by atoms with E-state index in [1.165, 1.54) is 11.8 Å². The Balaban J connectivity index is 1.38. The minimum absolute atomic E-state index is 0.0319. The second-order valence-corrected chi connectivity index (χ2v) is 8.78. The van der Waals surface area contributed by atoms with Crippen molar-refractivity contribution in [3.05, 3.63) is 89.0 Å². The van der Waals surface area contributed by atoms with Crippen LogP contribution in [0.4, 0.5) is 0 Å². The molecular formula is C24H21N5O2S2. The average molecular weight is 476 g/mol. The molecule has 0 unspecified atom stereocenters. The van der Waals surface area contributed by atoms with Gasteiger partial charge in [-0.25, -0.2) is 4.98 Å². The Morgan fingerprint density at radius 3 is 2.42 bits per heavy atom. The Morgan fingerprint density at radius 1 is 1.00 bits per heavy atom. The molecule has 0 bridgehead atoms. The summed E-state index contributed by atoms with van der Waals surface area (Å²) < 4.78 is 0. The highest BCUT2D eigenvalue weighted by atomic mass is 32.2. The highest BCUT2D eigenvalue weighted by molar-refractivity contribution is 7.99. The molecule has 0 fully saturated rings. The van der Waals surface area contributed by atoms with Crippen molar-refractivity contribution in [2.75, 3.05) is 5.75 Å². The molecule has 1 aromatic heterocycles. The van der Waals surface area contributed by atoms with Gasteiger partial charge in [0.05, 0.1) is 16.8 Å². The second-order valence-electron chi connectivity index (χ2n) is 7.33. The van der Waals surface area contributed by atoms with Gasteiger partial charge in [-0.1, -0.05) is 54.2 Å². The first kappa shape index (κ1) is 22.6. The van der Waals surface area contributed by atoms with Crippen LogP contribution in [0, 0.1) is 0 Å². The molecule has 0 atom stereocenters. The molecule has 4 rings (SSSR count). The van der Waals surface area contributed by atoms with Crippen molar-refractivity contribution in [3.63, 3.8) is 0 Å². The lowest BCUT2D eigenvalue weighted by atomic mass is 10.0. The van der Waals surface area contributed by atoms with Gasteiger partial charge in [-0.05, 0) is 41.8 Å². The molecular weight excluding hydrogens is 454 g/mol. The standard InChI is InChI=1S/C24H21N5O2S2/c25-23(26)29-22(31)17-10-9-16(21(32)12-17)11-14-5-7-15(8-6-14)20(30)13-33-24-27-18-3-1-2-4-19(18)28-24/h1-10,12,32H,11,13H2,(H,27,28)(H4,25,26,29,31). The minimum atomic E-state index is -0.514. The molecule has 4 aromatic rings. The first-order valence-corrected chi connectivity index (χ1v) is 11.5. The van der Waals surface area contributed by atoms with Gasteiger partial charge in [-0.2, -0.15) is 4.99 Å². The van der Waals surface area contributed by atoms with Gasteiger partial charge in [0.15, 0.2) is 16.9 Å². The van der Waals surface area contributed by atoms with Gasteiger partial charge in [0.2, 0.25) is 0 Å². The summed E-state index contributed by atoms with van der Waals surface area (Å²) in [7, 11) is 0. The molecule has 1 amide bonds. The lowest BCUT2D eigenvalue weighted by molar-refractivity contribution is 0.0999. The Kier molecular flexibility index (Phi) is 6.81. The maximum atomic E-state index is 12.6. The number of guanidine groups is 1. The van der Waals surface area contributed by atoms with E-state index < -0.39 is 5.91 Å². The molecule has 166 valence electrons. The van der Waals surface area contributed by atoms with E-state index in [0.717, 1.165) is 27.3 Å². The number of aromatic amines is 1. The van der Waals surface area contributed by atoms with E-state index in [1.54, 1.807) is 12.1 Å². The van der Waals surface area contributed by atoms with Crippen molar-refractivity contribution in [2.24, 2.45) is 16.5 Å². The normalized spacial score (nSPS) is 10.8. The maximum absolute atomic E-state index is 12.6. The number of fused-ring (bicyclic) bond motifs is 1. The number of imidazole rings is 1. The van der Waals surface area contributed by atoms with Crippen molar-refractivity contribution in [1.29, 1.82) is 0 Å². The SMILES string of the molecule is NC(N)=NC(=O)c1ccc(Cc2ccc(C(=O)CSc3nc4ccccc4[nH]3)cc2)c(S)c1. The van der Waals surface area contributed by atoms with Gasteiger partial charge in [-0.3, -0.25) is 9.59 Å². The smallest absolute Gasteiger partial charge is 0.280 e. The van der Waals surface area contributed by atoms with E-state index in [2.05, 4.69) is 27.6 Å². The molecule has 0 aliphatic rings. The van der Waals surface area contributed by atoms with Crippen molar-refractivity contribution in [1.82, 2.24) is 9.97 Å². The highest BCUT2D eigenvalue weighted by Gasteiger charge is 2.11. The summed E-state index contributed by atoms with van der Waals surface area (Å²) in [5.41, 5.74) is 15.3. The maximum Gasteiger partial charge on any atom is 0.280 e. The predicted octanol–water partition coefficient (Wildman–Crippen LogP) is 3.83. The van der Waals surface area contributed by atoms with Crippen LogP contribution in [-0.4, -0.2) is 33.4 Å². The molecule has 33 heavy (non-hydrogen) atoms. The Morgan fingerprint density at radius 2 is 1.73 bits per heavy atom. The van der Waals surface area contributed by atoms with Crippen molar-refractivity contribution in [3.8, 4) is 0 Å². The van der Waals surface area contributed by atoms with Crippen LogP contribution in [0.3, 0.4) is 0 Å². The summed E-state index contributed by atoms with van der Waals surface area (Å²) in [5.74, 6) is -0.467. The topological polar surface area (TPSA) is 127 Å². The first-order valence-electron chi connectivity index (χ1n) is 10.0. The quantitative estimate of drug-likeness (QED) is 0.106. The number of carbonyl (C=O) groups excluding carboxylic acids is 2. The molecule has 7 nitrogen and oxygen atoms in total. The molecule has 0 radical (unpaired) electrons. The van der Waals surface area contributed by atoms with Crippen LogP contribution in [0.2, 0.25) is 0 Å². The monoisotopic (exact) mass is 475 g/mol. The number of thioether (sulfide) groups is 1. The third-order valence-corrected chi connectivity index (χ3v) is 6.23. The van der Waals surface area contributed by atoms with Crippen LogP contribution in [-0.2, 0) is 6.42 Å². The molecule has 0 saturated carbocycles. The highest BCUT2D eigenvalue weighted by Crippen LogP contribution is 2.22. The number of thiol groups is 1. The van der Waals surface area contributed by atoms with E-state index >= 15 is 0 Å². The van der Waals surface area contributed by atoms with Crippen molar-refractivity contribution in [2.45, 2.75) is 16.5 Å². The zero-order valence-electron chi connectivity index (χ0n) is 17.5. The Bertz CT molecular complexity index is 1330. The number of ketones is 1. The number of Topliss-reactive ketones (excluding diaryl/α,β-unsaturated/α-hetero) is 1. The molecule has 0 spiro atoms. The van der Waals surface area contributed by atoms with E-state index in [1.807, 2.05) is 54.6 Å². The lowest BCUT2D eigenvalue weighted by Crippen LogP contribution is -2.24. The molecule has 0 saturated heterocycles. The number of aliphatic imine (C=N–C) groups is 1. The minimum Gasteiger partial charge on any atom is -0.370 e. The van der Waals surface area contributed by atoms with Gasteiger partial charge in [0, 0.05) is 16.0 Å². The number of carbonyl (C=O) groups is 2. The number of amides is 1. The fraction of sp³-hybridized carbons (Fsp3) is 0.0833. The van der Waals surface area contributed by atoms with Gasteiger partial charge < -0.3 is 16.5 Å². The lowest BCUT2D eigenvalue weighted by Gasteiger charge is -2.08. The van der Waals surface area contributed by atoms with Crippen LogP contribution < -0.4 is 11.5 Å². The van der Waals surface area contributed by atoms with E-state index in [9.17, 15) is 9.59 Å². The van der Waals surface area contributed by atoms with E-state index in [4.69, 9.17) is 11.5 Å². The van der Waals surface area contributed by atoms with Crippen LogP contribution in [0.25, 0.3) is 11.0 Å². The zero-order valence-corrected chi connectivity index (χ0v) is 19.2. The number of nitrogens with zero attached hydrogens (tertiary/aromatic N) is 2. The number of H-pyrrole nitrogens is 1. The number of para-hydroxylation sites is 2. The van der Waals surface area contributed by atoms with Crippen molar-refractivity contribution >= 4 is 53.1 Å². The van der Waals surface area contributed by atoms with Crippen LogP contribution in [0.15, 0.2) is 81.8 Å². The molecule has 3 aromatic carbocycles. The molecule has 5 N–H and O–H groups in total. The number of hydrogen-bond donors (Lipinski definition) is 4. The number of nitrogens with two attached hydrogens (primary N) is 2. The molecule has 0 aliphatic carbocycles. The average Bonchev–Trinajstić information content (AvgIpc) is 3.22. The molecule has 1 heterocycles. The summed E-state index contributed by atoms with van der Waals surface area (Å²) in [6.07, 6.45) is 0.609. The number of aromatic nitrogens is 2. The van der Waals surface area contributed by atoms with Crippen LogP contribution in [0.5, 0.6) is 0 Å². The van der Waals surface area contributed by atoms with Gasteiger partial charge in [-0.15, -0.1) is 12.6 Å². The van der Waals surface area contributed by atoms with Crippen molar-refractivity contribution < 1.29 is 9.59 Å².